The van der Waals surface area contributed by atoms with Crippen LogP contribution in [0.4, 0.5) is 18.9 Å². The number of rotatable bonds is 4. The van der Waals surface area contributed by atoms with E-state index in [0.29, 0.717) is 25.0 Å². The van der Waals surface area contributed by atoms with Gasteiger partial charge < -0.3 is 10.1 Å². The molecule has 0 radical (unpaired) electrons. The number of ether oxygens (including phenoxy) is 1. The maximum Gasteiger partial charge on any atom is 0.417 e. The van der Waals surface area contributed by atoms with E-state index in [-0.39, 0.29) is 16.8 Å². The van der Waals surface area contributed by atoms with Crippen molar-refractivity contribution in [2.24, 2.45) is 0 Å². The summed E-state index contributed by atoms with van der Waals surface area (Å²) in [7, 11) is 0. The summed E-state index contributed by atoms with van der Waals surface area (Å²) in [6, 6.07) is 9.65. The first-order valence-corrected chi connectivity index (χ1v) is 9.49. The fourth-order valence-corrected chi connectivity index (χ4v) is 3.45. The van der Waals surface area contributed by atoms with E-state index in [4.69, 9.17) is 16.3 Å². The standard InChI is InChI=1S/C20H16ClF3N4O2/c21-18-15(25-9-12-7-8-30-16-4-2-1-3-14(12)16)11-27-28(19(18)29)17-6-5-13(10-26-17)20(22,23)24/h1-6,10-12,25H,7-9H2. The van der Waals surface area contributed by atoms with Gasteiger partial charge in [-0.25, -0.2) is 4.98 Å². The topological polar surface area (TPSA) is 69.0 Å². The molecule has 1 N–H and O–H groups in total. The number of aromatic nitrogens is 3. The fraction of sp³-hybridized carbons (Fsp3) is 0.250. The van der Waals surface area contributed by atoms with Crippen molar-refractivity contribution in [2.75, 3.05) is 18.5 Å². The number of nitrogens with one attached hydrogen (secondary N) is 1. The van der Waals surface area contributed by atoms with Crippen molar-refractivity contribution in [3.63, 3.8) is 0 Å². The van der Waals surface area contributed by atoms with E-state index in [1.54, 1.807) is 0 Å². The molecule has 30 heavy (non-hydrogen) atoms. The van der Waals surface area contributed by atoms with Gasteiger partial charge >= 0.3 is 6.18 Å². The zero-order valence-electron chi connectivity index (χ0n) is 15.5. The molecule has 0 saturated heterocycles. The summed E-state index contributed by atoms with van der Waals surface area (Å²) >= 11 is 6.20. The lowest BCUT2D eigenvalue weighted by atomic mass is 9.93. The van der Waals surface area contributed by atoms with Gasteiger partial charge in [0.25, 0.3) is 5.56 Å². The molecule has 4 rings (SSSR count). The minimum absolute atomic E-state index is 0.0557. The van der Waals surface area contributed by atoms with E-state index in [1.165, 1.54) is 6.20 Å². The highest BCUT2D eigenvalue weighted by molar-refractivity contribution is 6.32. The highest BCUT2D eigenvalue weighted by Gasteiger charge is 2.31. The molecule has 0 bridgehead atoms. The second-order valence-electron chi connectivity index (χ2n) is 6.74. The number of hydrogen-bond donors (Lipinski definition) is 1. The summed E-state index contributed by atoms with van der Waals surface area (Å²) < 4.78 is 44.6. The van der Waals surface area contributed by atoms with E-state index in [2.05, 4.69) is 15.4 Å². The van der Waals surface area contributed by atoms with Gasteiger partial charge in [-0.15, -0.1) is 0 Å². The van der Waals surface area contributed by atoms with Crippen LogP contribution in [0.2, 0.25) is 5.02 Å². The van der Waals surface area contributed by atoms with Crippen LogP contribution in [0.25, 0.3) is 5.82 Å². The molecule has 3 heterocycles. The molecule has 156 valence electrons. The number of para-hydroxylation sites is 1. The number of halogens is 4. The molecule has 2 aromatic heterocycles. The average molecular weight is 437 g/mol. The monoisotopic (exact) mass is 436 g/mol. The summed E-state index contributed by atoms with van der Waals surface area (Å²) in [5, 5.41) is 7.02. The quantitative estimate of drug-likeness (QED) is 0.661. The first-order chi connectivity index (χ1) is 14.3. The predicted molar refractivity (Wildman–Crippen MR) is 105 cm³/mol. The molecule has 1 aromatic carbocycles. The molecule has 1 unspecified atom stereocenters. The first-order valence-electron chi connectivity index (χ1n) is 9.11. The lowest BCUT2D eigenvalue weighted by molar-refractivity contribution is -0.137. The van der Waals surface area contributed by atoms with Crippen LogP contribution in [0.1, 0.15) is 23.5 Å². The molecule has 3 aromatic rings. The fourth-order valence-electron chi connectivity index (χ4n) is 3.26. The summed E-state index contributed by atoms with van der Waals surface area (Å²) in [6.07, 6.45) is -1.71. The van der Waals surface area contributed by atoms with Crippen molar-refractivity contribution in [1.29, 1.82) is 0 Å². The second kappa shape index (κ2) is 7.98. The first kappa shape index (κ1) is 20.2. The van der Waals surface area contributed by atoms with Crippen LogP contribution in [0, 0.1) is 0 Å². The molecule has 0 saturated carbocycles. The number of alkyl halides is 3. The molecule has 1 atom stereocenters. The molecular weight excluding hydrogens is 421 g/mol. The molecule has 1 aliphatic heterocycles. The summed E-state index contributed by atoms with van der Waals surface area (Å²) in [6.45, 7) is 1.11. The van der Waals surface area contributed by atoms with Gasteiger partial charge in [-0.2, -0.15) is 23.0 Å². The Morgan fingerprint density at radius 3 is 2.73 bits per heavy atom. The van der Waals surface area contributed by atoms with Gasteiger partial charge in [0.2, 0.25) is 0 Å². The van der Waals surface area contributed by atoms with Crippen LogP contribution in [-0.2, 0) is 6.18 Å². The molecule has 0 spiro atoms. The molecular formula is C20H16ClF3N4O2. The number of benzene rings is 1. The SMILES string of the molecule is O=c1c(Cl)c(NCC2CCOc3ccccc32)cnn1-c1ccc(C(F)(F)F)cn1. The number of anilines is 1. The normalized spacial score (nSPS) is 15.9. The van der Waals surface area contributed by atoms with Crippen LogP contribution in [0.5, 0.6) is 5.75 Å². The minimum atomic E-state index is -4.52. The van der Waals surface area contributed by atoms with Crippen LogP contribution in [0.15, 0.2) is 53.6 Å². The van der Waals surface area contributed by atoms with E-state index in [9.17, 15) is 18.0 Å². The highest BCUT2D eigenvalue weighted by Crippen LogP contribution is 2.33. The lowest BCUT2D eigenvalue weighted by Crippen LogP contribution is -2.25. The smallest absolute Gasteiger partial charge is 0.417 e. The molecule has 0 amide bonds. The van der Waals surface area contributed by atoms with Crippen LogP contribution in [-0.4, -0.2) is 27.9 Å². The van der Waals surface area contributed by atoms with Crippen molar-refractivity contribution in [1.82, 2.24) is 14.8 Å². The zero-order chi connectivity index (χ0) is 21.3. The Balaban J connectivity index is 1.53. The van der Waals surface area contributed by atoms with Crippen molar-refractivity contribution in [2.45, 2.75) is 18.5 Å². The van der Waals surface area contributed by atoms with Crippen LogP contribution in [0.3, 0.4) is 0 Å². The second-order valence-corrected chi connectivity index (χ2v) is 7.12. The Labute approximate surface area is 174 Å². The third kappa shape index (κ3) is 3.97. The Bertz CT molecular complexity index is 1120. The van der Waals surface area contributed by atoms with Gasteiger partial charge in [0.1, 0.15) is 10.8 Å². The van der Waals surface area contributed by atoms with Crippen molar-refractivity contribution in [3.8, 4) is 11.6 Å². The maximum atomic E-state index is 12.7. The molecule has 10 heteroatoms. The van der Waals surface area contributed by atoms with E-state index < -0.39 is 17.3 Å². The summed E-state index contributed by atoms with van der Waals surface area (Å²) in [5.41, 5.74) is -0.182. The predicted octanol–water partition coefficient (Wildman–Crippen LogP) is 4.28. The van der Waals surface area contributed by atoms with Crippen LogP contribution >= 0.6 is 11.6 Å². The Kier molecular flexibility index (Phi) is 5.38. The Morgan fingerprint density at radius 1 is 1.20 bits per heavy atom. The third-order valence-corrected chi connectivity index (χ3v) is 5.20. The molecule has 6 nitrogen and oxygen atoms in total. The minimum Gasteiger partial charge on any atom is -0.493 e. The lowest BCUT2D eigenvalue weighted by Gasteiger charge is -2.26. The maximum absolute atomic E-state index is 12.7. The zero-order valence-corrected chi connectivity index (χ0v) is 16.2. The van der Waals surface area contributed by atoms with E-state index in [1.807, 2.05) is 24.3 Å². The molecule has 0 aliphatic carbocycles. The van der Waals surface area contributed by atoms with Crippen LogP contribution < -0.4 is 15.6 Å². The number of pyridine rings is 1. The largest absolute Gasteiger partial charge is 0.493 e. The van der Waals surface area contributed by atoms with E-state index in [0.717, 1.165) is 34.5 Å². The number of fused-ring (bicyclic) bond motifs is 1. The molecule has 0 fully saturated rings. The molecule has 1 aliphatic rings. The average Bonchev–Trinajstić information content (AvgIpc) is 2.74. The van der Waals surface area contributed by atoms with Crippen molar-refractivity contribution in [3.05, 3.63) is 75.3 Å². The van der Waals surface area contributed by atoms with Gasteiger partial charge in [-0.05, 0) is 30.2 Å². The van der Waals surface area contributed by atoms with Crippen molar-refractivity contribution >= 4 is 17.3 Å². The summed E-state index contributed by atoms with van der Waals surface area (Å²) in [4.78, 5) is 16.2. The number of nitrogens with zero attached hydrogens (tertiary/aromatic N) is 3. The third-order valence-electron chi connectivity index (χ3n) is 4.83. The van der Waals surface area contributed by atoms with Crippen molar-refractivity contribution < 1.29 is 17.9 Å². The Hall–Kier alpha value is -3.07. The highest BCUT2D eigenvalue weighted by atomic mass is 35.5. The number of hydrogen-bond acceptors (Lipinski definition) is 5. The van der Waals surface area contributed by atoms with Gasteiger partial charge in [0.05, 0.1) is 24.1 Å². The van der Waals surface area contributed by atoms with E-state index >= 15 is 0 Å². The summed E-state index contributed by atoms with van der Waals surface area (Å²) in [5.74, 6) is 0.952. The van der Waals surface area contributed by atoms with Gasteiger partial charge in [-0.1, -0.05) is 29.8 Å². The van der Waals surface area contributed by atoms with Gasteiger partial charge in [0.15, 0.2) is 5.82 Å². The van der Waals surface area contributed by atoms with Gasteiger partial charge in [0, 0.05) is 18.7 Å². The van der Waals surface area contributed by atoms with Gasteiger partial charge in [-0.3, -0.25) is 4.79 Å². The Morgan fingerprint density at radius 2 is 2.00 bits per heavy atom.